The first-order valence-electron chi connectivity index (χ1n) is 17.9. The number of hydrogen-bond donors (Lipinski definition) is 0. The zero-order valence-electron chi connectivity index (χ0n) is 28.1. The Labute approximate surface area is 294 Å². The van der Waals surface area contributed by atoms with Crippen molar-refractivity contribution in [3.05, 3.63) is 187 Å². The molecule has 0 amide bonds. The molecule has 0 radical (unpaired) electrons. The van der Waals surface area contributed by atoms with Crippen LogP contribution in [-0.4, -0.2) is 0 Å². The molecule has 0 N–H and O–H groups in total. The molecule has 0 unspecified atom stereocenters. The smallest absolute Gasteiger partial charge is 0.136 e. The van der Waals surface area contributed by atoms with E-state index in [-0.39, 0.29) is 5.41 Å². The largest absolute Gasteiger partial charge is 0.456 e. The van der Waals surface area contributed by atoms with E-state index in [1.165, 1.54) is 65.5 Å². The lowest BCUT2D eigenvalue weighted by molar-refractivity contribution is 0.346. The van der Waals surface area contributed by atoms with Crippen LogP contribution in [0.4, 0.5) is 17.1 Å². The van der Waals surface area contributed by atoms with Crippen molar-refractivity contribution >= 4 is 39.0 Å². The van der Waals surface area contributed by atoms with Crippen LogP contribution < -0.4 is 4.90 Å². The summed E-state index contributed by atoms with van der Waals surface area (Å²) >= 11 is 0. The van der Waals surface area contributed by atoms with Gasteiger partial charge in [-0.15, -0.1) is 0 Å². The molecule has 8 aromatic rings. The van der Waals surface area contributed by atoms with Gasteiger partial charge in [0.1, 0.15) is 11.2 Å². The highest BCUT2D eigenvalue weighted by Crippen LogP contribution is 2.47. The molecule has 2 nitrogen and oxygen atoms in total. The SMILES string of the molecule is c1ccc(-c2ccc(N(c3ccc(C4(c5ccccc5)CCCCC4)cc3)c3ccc4oc5cccc(-c6ccccc6)c5c4c3)cc2)cc1. The quantitative estimate of drug-likeness (QED) is 0.171. The van der Waals surface area contributed by atoms with Crippen molar-refractivity contribution in [1.82, 2.24) is 0 Å². The fourth-order valence-electron chi connectivity index (χ4n) is 8.28. The molecule has 0 atom stereocenters. The molecule has 0 aliphatic heterocycles. The molecule has 1 aliphatic carbocycles. The number of fused-ring (bicyclic) bond motifs is 3. The Hall–Kier alpha value is -5.86. The van der Waals surface area contributed by atoms with Crippen LogP contribution in [0.1, 0.15) is 43.2 Å². The minimum absolute atomic E-state index is 0.0582. The number of nitrogens with zero attached hydrogens (tertiary/aromatic N) is 1. The molecule has 1 fully saturated rings. The molecular formula is C48H39NO. The second kappa shape index (κ2) is 12.9. The molecule has 1 heterocycles. The first kappa shape index (κ1) is 30.2. The van der Waals surface area contributed by atoms with Crippen molar-refractivity contribution < 1.29 is 4.42 Å². The molecule has 9 rings (SSSR count). The van der Waals surface area contributed by atoms with Crippen LogP contribution in [0.5, 0.6) is 0 Å². The van der Waals surface area contributed by atoms with E-state index in [0.29, 0.717) is 0 Å². The lowest BCUT2D eigenvalue weighted by atomic mass is 9.65. The summed E-state index contributed by atoms with van der Waals surface area (Å²) in [5, 5.41) is 2.26. The van der Waals surface area contributed by atoms with Crippen molar-refractivity contribution in [3.63, 3.8) is 0 Å². The van der Waals surface area contributed by atoms with E-state index in [1.807, 2.05) is 0 Å². The molecule has 1 aromatic heterocycles. The number of rotatable bonds is 7. The summed E-state index contributed by atoms with van der Waals surface area (Å²) in [6, 6.07) is 63.8. The van der Waals surface area contributed by atoms with Gasteiger partial charge in [0.2, 0.25) is 0 Å². The van der Waals surface area contributed by atoms with Gasteiger partial charge >= 0.3 is 0 Å². The molecule has 0 saturated heterocycles. The summed E-state index contributed by atoms with van der Waals surface area (Å²) in [6.07, 6.45) is 6.22. The Morgan fingerprint density at radius 2 is 0.980 bits per heavy atom. The molecule has 0 bridgehead atoms. The lowest BCUT2D eigenvalue weighted by Crippen LogP contribution is -2.30. The third-order valence-electron chi connectivity index (χ3n) is 10.8. The Balaban J connectivity index is 1.19. The normalized spacial score (nSPS) is 14.2. The van der Waals surface area contributed by atoms with Crippen LogP contribution in [0, 0.1) is 0 Å². The van der Waals surface area contributed by atoms with Crippen molar-refractivity contribution in [1.29, 1.82) is 0 Å². The second-order valence-corrected chi connectivity index (χ2v) is 13.6. The van der Waals surface area contributed by atoms with E-state index in [0.717, 1.165) is 39.0 Å². The van der Waals surface area contributed by atoms with Gasteiger partial charge in [-0.2, -0.15) is 0 Å². The zero-order chi connectivity index (χ0) is 33.3. The first-order chi connectivity index (χ1) is 24.8. The third-order valence-corrected chi connectivity index (χ3v) is 10.8. The van der Waals surface area contributed by atoms with Gasteiger partial charge in [-0.25, -0.2) is 0 Å². The molecule has 7 aromatic carbocycles. The van der Waals surface area contributed by atoms with Crippen molar-refractivity contribution in [2.75, 3.05) is 4.90 Å². The molecule has 0 spiro atoms. The monoisotopic (exact) mass is 645 g/mol. The highest BCUT2D eigenvalue weighted by molar-refractivity contribution is 6.13. The van der Waals surface area contributed by atoms with E-state index in [4.69, 9.17) is 4.42 Å². The van der Waals surface area contributed by atoms with Gasteiger partial charge in [0.05, 0.1) is 0 Å². The minimum atomic E-state index is 0.0582. The van der Waals surface area contributed by atoms with Gasteiger partial charge in [-0.05, 0) is 94.8 Å². The lowest BCUT2D eigenvalue weighted by Gasteiger charge is -2.39. The summed E-state index contributed by atoms with van der Waals surface area (Å²) in [5.74, 6) is 0. The molecule has 1 saturated carbocycles. The van der Waals surface area contributed by atoms with Gasteiger partial charge in [0.25, 0.3) is 0 Å². The number of anilines is 3. The Morgan fingerprint density at radius 3 is 1.66 bits per heavy atom. The van der Waals surface area contributed by atoms with E-state index in [2.05, 4.69) is 181 Å². The highest BCUT2D eigenvalue weighted by atomic mass is 16.3. The average molecular weight is 646 g/mol. The summed E-state index contributed by atoms with van der Waals surface area (Å²) < 4.78 is 6.44. The molecule has 50 heavy (non-hydrogen) atoms. The summed E-state index contributed by atoms with van der Waals surface area (Å²) in [6.45, 7) is 0. The van der Waals surface area contributed by atoms with Crippen molar-refractivity contribution in [3.8, 4) is 22.3 Å². The van der Waals surface area contributed by atoms with Crippen LogP contribution in [-0.2, 0) is 5.41 Å². The Morgan fingerprint density at radius 1 is 0.420 bits per heavy atom. The van der Waals surface area contributed by atoms with E-state index >= 15 is 0 Å². The maximum absolute atomic E-state index is 6.44. The van der Waals surface area contributed by atoms with E-state index < -0.39 is 0 Å². The third kappa shape index (κ3) is 5.38. The van der Waals surface area contributed by atoms with Crippen LogP contribution in [0.15, 0.2) is 180 Å². The molecular weight excluding hydrogens is 607 g/mol. The number of benzene rings is 7. The van der Waals surface area contributed by atoms with Gasteiger partial charge in [0, 0.05) is 33.2 Å². The van der Waals surface area contributed by atoms with Crippen LogP contribution in [0.25, 0.3) is 44.2 Å². The fourth-order valence-corrected chi connectivity index (χ4v) is 8.28. The summed E-state index contributed by atoms with van der Waals surface area (Å²) in [5.41, 5.74) is 12.8. The predicted molar refractivity (Wildman–Crippen MR) is 210 cm³/mol. The van der Waals surface area contributed by atoms with Gasteiger partial charge in [-0.3, -0.25) is 0 Å². The summed E-state index contributed by atoms with van der Waals surface area (Å²) in [7, 11) is 0. The zero-order valence-corrected chi connectivity index (χ0v) is 28.1. The molecule has 1 aliphatic rings. The van der Waals surface area contributed by atoms with E-state index in [9.17, 15) is 0 Å². The van der Waals surface area contributed by atoms with Gasteiger partial charge in [0.15, 0.2) is 0 Å². The van der Waals surface area contributed by atoms with Gasteiger partial charge < -0.3 is 9.32 Å². The van der Waals surface area contributed by atoms with Crippen LogP contribution in [0.2, 0.25) is 0 Å². The van der Waals surface area contributed by atoms with Crippen LogP contribution in [0.3, 0.4) is 0 Å². The topological polar surface area (TPSA) is 16.4 Å². The standard InChI is InChI=1S/C48H39NO/c1-5-14-35(15-6-1)36-22-26-40(27-23-36)49(41-28-24-39(25-29-41)48(32-11-4-12-33-48)38-18-9-3-10-19-38)42-30-31-45-44(34-42)47-43(20-13-21-46(47)50-45)37-16-7-2-8-17-37/h1-3,5-10,13-31,34H,4,11-12,32-33H2. The predicted octanol–water partition coefficient (Wildman–Crippen LogP) is 13.6. The number of furan rings is 1. The van der Waals surface area contributed by atoms with Crippen LogP contribution >= 0.6 is 0 Å². The first-order valence-corrected chi connectivity index (χ1v) is 17.9. The van der Waals surface area contributed by atoms with Crippen molar-refractivity contribution in [2.45, 2.75) is 37.5 Å². The average Bonchev–Trinajstić information content (AvgIpc) is 3.58. The minimum Gasteiger partial charge on any atom is -0.456 e. The molecule has 2 heteroatoms. The maximum Gasteiger partial charge on any atom is 0.136 e. The second-order valence-electron chi connectivity index (χ2n) is 13.6. The fraction of sp³-hybridized carbons (Fsp3) is 0.125. The Bertz CT molecular complexity index is 2370. The van der Waals surface area contributed by atoms with E-state index in [1.54, 1.807) is 0 Å². The Kier molecular flexibility index (Phi) is 7.78. The number of hydrogen-bond acceptors (Lipinski definition) is 2. The summed E-state index contributed by atoms with van der Waals surface area (Å²) in [4.78, 5) is 2.39. The maximum atomic E-state index is 6.44. The van der Waals surface area contributed by atoms with Crippen molar-refractivity contribution in [2.24, 2.45) is 0 Å². The molecule has 242 valence electrons. The highest BCUT2D eigenvalue weighted by Gasteiger charge is 2.35. The van der Waals surface area contributed by atoms with Gasteiger partial charge in [-0.1, -0.05) is 147 Å².